The van der Waals surface area contributed by atoms with Gasteiger partial charge in [0.2, 0.25) is 5.91 Å². The first-order chi connectivity index (χ1) is 13.3. The van der Waals surface area contributed by atoms with E-state index >= 15 is 0 Å². The second kappa shape index (κ2) is 10.6. The molecule has 1 heterocycles. The van der Waals surface area contributed by atoms with Gasteiger partial charge < -0.3 is 10.6 Å². The lowest BCUT2D eigenvalue weighted by Crippen LogP contribution is -2.48. The second-order valence-corrected chi connectivity index (χ2v) is 9.31. The number of nitrogens with one attached hydrogen (secondary N) is 1. The summed E-state index contributed by atoms with van der Waals surface area (Å²) in [5.41, 5.74) is 5.15. The van der Waals surface area contributed by atoms with Gasteiger partial charge in [-0.2, -0.15) is 0 Å². The highest BCUT2D eigenvalue weighted by Crippen LogP contribution is 2.20. The number of nitrogen functional groups attached to an aromatic ring is 1. The molecule has 8 nitrogen and oxygen atoms in total. The zero-order valence-electron chi connectivity index (χ0n) is 19.3. The van der Waals surface area contributed by atoms with Crippen LogP contribution in [0.5, 0.6) is 0 Å². The zero-order chi connectivity index (χ0) is 22.5. The molecule has 29 heavy (non-hydrogen) atoms. The molecule has 3 N–H and O–H groups in total. The number of hydrogen-bond donors (Lipinski definition) is 2. The highest BCUT2D eigenvalue weighted by atomic mass is 16.2. The van der Waals surface area contributed by atoms with Crippen molar-refractivity contribution in [2.45, 2.75) is 68.0 Å². The highest BCUT2D eigenvalue weighted by Gasteiger charge is 2.27. The van der Waals surface area contributed by atoms with Gasteiger partial charge in [0.1, 0.15) is 5.82 Å². The predicted octanol–water partition coefficient (Wildman–Crippen LogP) is 2.13. The van der Waals surface area contributed by atoms with E-state index in [1.54, 1.807) is 0 Å². The van der Waals surface area contributed by atoms with E-state index in [2.05, 4.69) is 23.7 Å². The SMILES string of the molecule is CC(C)CN(C(=O)CN(CC(C)C)C(C)C)c1c(N)n(CC(C)C)c(=O)[nH]c1=O. The molecule has 0 aliphatic heterocycles. The van der Waals surface area contributed by atoms with Gasteiger partial charge >= 0.3 is 5.69 Å². The summed E-state index contributed by atoms with van der Waals surface area (Å²) in [6.07, 6.45) is 0. The van der Waals surface area contributed by atoms with Crippen molar-refractivity contribution in [2.24, 2.45) is 17.8 Å². The van der Waals surface area contributed by atoms with Crippen LogP contribution in [0.25, 0.3) is 0 Å². The van der Waals surface area contributed by atoms with Crippen LogP contribution in [0, 0.1) is 17.8 Å². The number of amides is 1. The van der Waals surface area contributed by atoms with Crippen molar-refractivity contribution in [3.8, 4) is 0 Å². The van der Waals surface area contributed by atoms with Gasteiger partial charge in [-0.15, -0.1) is 0 Å². The Kier molecular flexibility index (Phi) is 9.14. The van der Waals surface area contributed by atoms with Crippen LogP contribution >= 0.6 is 0 Å². The number of carbonyl (C=O) groups excluding carboxylic acids is 1. The predicted molar refractivity (Wildman–Crippen MR) is 119 cm³/mol. The zero-order valence-corrected chi connectivity index (χ0v) is 19.3. The maximum Gasteiger partial charge on any atom is 0.330 e. The van der Waals surface area contributed by atoms with Gasteiger partial charge in [-0.1, -0.05) is 41.5 Å². The first-order valence-electron chi connectivity index (χ1n) is 10.5. The van der Waals surface area contributed by atoms with Gasteiger partial charge in [0.15, 0.2) is 5.69 Å². The Labute approximate surface area is 174 Å². The quantitative estimate of drug-likeness (QED) is 0.616. The average molecular weight is 410 g/mol. The Morgan fingerprint density at radius 1 is 0.966 bits per heavy atom. The maximum atomic E-state index is 13.3. The molecule has 0 radical (unpaired) electrons. The molecule has 166 valence electrons. The van der Waals surface area contributed by atoms with Gasteiger partial charge in [0.05, 0.1) is 6.54 Å². The highest BCUT2D eigenvalue weighted by molar-refractivity contribution is 5.96. The molecule has 8 heteroatoms. The number of anilines is 2. The summed E-state index contributed by atoms with van der Waals surface area (Å²) in [5, 5.41) is 0. The molecule has 0 fully saturated rings. The molecule has 0 spiro atoms. The summed E-state index contributed by atoms with van der Waals surface area (Å²) in [6, 6.07) is 0.188. The van der Waals surface area contributed by atoms with Crippen LogP contribution in [0.15, 0.2) is 9.59 Å². The van der Waals surface area contributed by atoms with Gasteiger partial charge in [-0.05, 0) is 31.6 Å². The van der Waals surface area contributed by atoms with Crippen LogP contribution in [-0.2, 0) is 11.3 Å². The van der Waals surface area contributed by atoms with Crippen molar-refractivity contribution in [1.82, 2.24) is 14.5 Å². The minimum absolute atomic E-state index is 0.0430. The van der Waals surface area contributed by atoms with Crippen LogP contribution in [0.2, 0.25) is 0 Å². The van der Waals surface area contributed by atoms with E-state index in [9.17, 15) is 14.4 Å². The third-order valence-corrected chi connectivity index (χ3v) is 4.55. The Bertz CT molecular complexity index is 792. The molecule has 0 bridgehead atoms. The van der Waals surface area contributed by atoms with Crippen molar-refractivity contribution in [2.75, 3.05) is 30.3 Å². The summed E-state index contributed by atoms with van der Waals surface area (Å²) in [5.74, 6) is 0.540. The first kappa shape index (κ1) is 24.9. The minimum Gasteiger partial charge on any atom is -0.383 e. The Balaban J connectivity index is 3.43. The first-order valence-corrected chi connectivity index (χ1v) is 10.5. The van der Waals surface area contributed by atoms with Crippen molar-refractivity contribution in [3.63, 3.8) is 0 Å². The molecule has 0 saturated carbocycles. The third kappa shape index (κ3) is 7.03. The molecule has 1 rings (SSSR count). The molecular weight excluding hydrogens is 370 g/mol. The van der Waals surface area contributed by atoms with E-state index in [1.165, 1.54) is 9.47 Å². The second-order valence-electron chi connectivity index (χ2n) is 9.31. The van der Waals surface area contributed by atoms with Crippen molar-refractivity contribution in [1.29, 1.82) is 0 Å². The lowest BCUT2D eigenvalue weighted by molar-refractivity contribution is -0.120. The van der Waals surface area contributed by atoms with Gasteiger partial charge in [-0.25, -0.2) is 4.79 Å². The molecule has 1 amide bonds. The normalized spacial score (nSPS) is 12.0. The topological polar surface area (TPSA) is 104 Å². The molecule has 0 atom stereocenters. The fourth-order valence-corrected chi connectivity index (χ4v) is 3.25. The molecule has 1 aromatic heterocycles. The molecule has 0 unspecified atom stereocenters. The van der Waals surface area contributed by atoms with E-state index in [0.717, 1.165) is 6.54 Å². The lowest BCUT2D eigenvalue weighted by Gasteiger charge is -2.32. The van der Waals surface area contributed by atoms with E-state index in [4.69, 9.17) is 5.73 Å². The summed E-state index contributed by atoms with van der Waals surface area (Å²) < 4.78 is 1.34. The monoisotopic (exact) mass is 409 g/mol. The minimum atomic E-state index is -0.624. The van der Waals surface area contributed by atoms with E-state index in [-0.39, 0.29) is 41.8 Å². The van der Waals surface area contributed by atoms with Gasteiger partial charge in [0.25, 0.3) is 5.56 Å². The number of carbonyl (C=O) groups is 1. The summed E-state index contributed by atoms with van der Waals surface area (Å²) in [6.45, 7) is 17.9. The van der Waals surface area contributed by atoms with Crippen LogP contribution in [0.4, 0.5) is 11.5 Å². The number of nitrogens with zero attached hydrogens (tertiary/aromatic N) is 3. The van der Waals surface area contributed by atoms with Crippen molar-refractivity contribution >= 4 is 17.4 Å². The molecule has 0 saturated heterocycles. The van der Waals surface area contributed by atoms with Crippen LogP contribution < -0.4 is 21.9 Å². The number of H-pyrrole nitrogens is 1. The van der Waals surface area contributed by atoms with Gasteiger partial charge in [0, 0.05) is 25.7 Å². The number of rotatable bonds is 10. The van der Waals surface area contributed by atoms with E-state index in [1.807, 2.05) is 41.5 Å². The Morgan fingerprint density at radius 2 is 1.52 bits per heavy atom. The van der Waals surface area contributed by atoms with E-state index < -0.39 is 11.2 Å². The van der Waals surface area contributed by atoms with E-state index in [0.29, 0.717) is 19.0 Å². The van der Waals surface area contributed by atoms with Crippen LogP contribution in [0.1, 0.15) is 55.4 Å². The molecule has 1 aromatic rings. The molecular formula is C21H39N5O3. The molecule has 0 aromatic carbocycles. The molecule has 0 aliphatic carbocycles. The maximum absolute atomic E-state index is 13.3. The number of hydrogen-bond acceptors (Lipinski definition) is 5. The lowest BCUT2D eigenvalue weighted by atomic mass is 10.1. The van der Waals surface area contributed by atoms with Crippen LogP contribution in [0.3, 0.4) is 0 Å². The van der Waals surface area contributed by atoms with Crippen molar-refractivity contribution in [3.05, 3.63) is 20.8 Å². The molecule has 0 aliphatic rings. The fraction of sp³-hybridized carbons (Fsp3) is 0.762. The number of nitrogens with two attached hydrogens (primary N) is 1. The van der Waals surface area contributed by atoms with Crippen LogP contribution in [-0.4, -0.2) is 46.0 Å². The smallest absolute Gasteiger partial charge is 0.330 e. The Hall–Kier alpha value is -2.09. The largest absolute Gasteiger partial charge is 0.383 e. The standard InChI is InChI=1S/C21H39N5O3/c1-13(2)9-24(16(7)8)12-17(27)25(10-14(3)4)18-19(22)26(11-15(5)6)21(29)23-20(18)28/h13-16H,9-12,22H2,1-8H3,(H,23,28,29). The van der Waals surface area contributed by atoms with Crippen molar-refractivity contribution < 1.29 is 4.79 Å². The van der Waals surface area contributed by atoms with Gasteiger partial charge in [-0.3, -0.25) is 24.0 Å². The summed E-state index contributed by atoms with van der Waals surface area (Å²) in [7, 11) is 0. The third-order valence-electron chi connectivity index (χ3n) is 4.55. The average Bonchev–Trinajstić information content (AvgIpc) is 2.55. The Morgan fingerprint density at radius 3 is 1.97 bits per heavy atom. The number of aromatic amines is 1. The number of aromatic nitrogens is 2. The summed E-state index contributed by atoms with van der Waals surface area (Å²) >= 11 is 0. The fourth-order valence-electron chi connectivity index (χ4n) is 3.25. The summed E-state index contributed by atoms with van der Waals surface area (Å²) in [4.78, 5) is 44.1.